The van der Waals surface area contributed by atoms with Crippen LogP contribution >= 0.6 is 22.9 Å². The Balaban J connectivity index is 1.68. The zero-order valence-electron chi connectivity index (χ0n) is 12.1. The molecule has 0 bridgehead atoms. The highest BCUT2D eigenvalue weighted by atomic mass is 35.5. The van der Waals surface area contributed by atoms with Gasteiger partial charge in [-0.3, -0.25) is 0 Å². The van der Waals surface area contributed by atoms with Crippen LogP contribution in [0.1, 0.15) is 18.0 Å². The molecule has 0 spiro atoms. The summed E-state index contributed by atoms with van der Waals surface area (Å²) in [5, 5.41) is 6.85. The molecule has 118 valence electrons. The first-order valence-corrected chi connectivity index (χ1v) is 8.10. The normalized spacial score (nSPS) is 12.1. The second-order valence-electron chi connectivity index (χ2n) is 4.99. The van der Waals surface area contributed by atoms with Gasteiger partial charge in [-0.25, -0.2) is 14.2 Å². The van der Waals surface area contributed by atoms with E-state index in [4.69, 9.17) is 11.6 Å². The van der Waals surface area contributed by atoms with Crippen LogP contribution in [0.4, 0.5) is 14.9 Å². The molecular formula is C16H13ClFN3OS. The molecule has 0 aliphatic carbocycles. The lowest BCUT2D eigenvalue weighted by Gasteiger charge is -2.12. The van der Waals surface area contributed by atoms with Crippen LogP contribution in [-0.2, 0) is 0 Å². The van der Waals surface area contributed by atoms with Gasteiger partial charge >= 0.3 is 6.03 Å². The van der Waals surface area contributed by atoms with E-state index in [0.29, 0.717) is 10.7 Å². The fourth-order valence-corrected chi connectivity index (χ4v) is 3.18. The monoisotopic (exact) mass is 349 g/mol. The molecule has 2 aromatic carbocycles. The number of hydrogen-bond acceptors (Lipinski definition) is 3. The number of benzene rings is 2. The number of amides is 2. The first-order valence-electron chi connectivity index (χ1n) is 6.90. The molecule has 0 aliphatic rings. The lowest BCUT2D eigenvalue weighted by Crippen LogP contribution is -2.31. The maximum absolute atomic E-state index is 13.2. The summed E-state index contributed by atoms with van der Waals surface area (Å²) in [7, 11) is 0. The molecule has 0 unspecified atom stereocenters. The van der Waals surface area contributed by atoms with Gasteiger partial charge in [0.25, 0.3) is 0 Å². The predicted octanol–water partition coefficient (Wildman–Crippen LogP) is 4.97. The molecule has 1 atom stereocenters. The van der Waals surface area contributed by atoms with E-state index in [0.717, 1.165) is 15.2 Å². The third kappa shape index (κ3) is 3.78. The molecular weight excluding hydrogens is 337 g/mol. The molecule has 0 saturated heterocycles. The van der Waals surface area contributed by atoms with Crippen LogP contribution in [0.5, 0.6) is 0 Å². The van der Waals surface area contributed by atoms with Crippen LogP contribution in [-0.4, -0.2) is 11.0 Å². The van der Waals surface area contributed by atoms with Crippen molar-refractivity contribution < 1.29 is 9.18 Å². The van der Waals surface area contributed by atoms with Crippen molar-refractivity contribution in [2.45, 2.75) is 13.0 Å². The Morgan fingerprint density at radius 1 is 1.26 bits per heavy atom. The van der Waals surface area contributed by atoms with E-state index < -0.39 is 0 Å². The fourth-order valence-electron chi connectivity index (χ4n) is 2.06. The van der Waals surface area contributed by atoms with Gasteiger partial charge in [0.15, 0.2) is 0 Å². The molecule has 1 heterocycles. The lowest BCUT2D eigenvalue weighted by atomic mass is 10.3. The van der Waals surface area contributed by atoms with Crippen molar-refractivity contribution in [1.29, 1.82) is 0 Å². The SMILES string of the molecule is C[C@@H](NC(=O)Nc1ccc(Cl)cc1)c1nc2ccc(F)cc2s1. The number of thiazole rings is 1. The Morgan fingerprint density at radius 3 is 2.74 bits per heavy atom. The fraction of sp³-hybridized carbons (Fsp3) is 0.125. The molecule has 0 radical (unpaired) electrons. The van der Waals surface area contributed by atoms with E-state index in [2.05, 4.69) is 15.6 Å². The molecule has 2 amide bonds. The number of nitrogens with zero attached hydrogens (tertiary/aromatic N) is 1. The molecule has 0 fully saturated rings. The van der Waals surface area contributed by atoms with Crippen molar-refractivity contribution >= 4 is 44.9 Å². The highest BCUT2D eigenvalue weighted by Gasteiger charge is 2.14. The van der Waals surface area contributed by atoms with Gasteiger partial charge in [0.05, 0.1) is 16.3 Å². The number of fused-ring (bicyclic) bond motifs is 1. The first-order chi connectivity index (χ1) is 11.0. The number of anilines is 1. The van der Waals surface area contributed by atoms with Crippen LogP contribution < -0.4 is 10.6 Å². The van der Waals surface area contributed by atoms with E-state index in [9.17, 15) is 9.18 Å². The Labute approximate surface area is 141 Å². The number of halogens is 2. The summed E-state index contributed by atoms with van der Waals surface area (Å²) >= 11 is 7.16. The average molecular weight is 350 g/mol. The third-order valence-corrected chi connectivity index (χ3v) is 4.64. The zero-order chi connectivity index (χ0) is 16.4. The van der Waals surface area contributed by atoms with Crippen LogP contribution in [0.3, 0.4) is 0 Å². The number of urea groups is 1. The molecule has 0 saturated carbocycles. The second kappa shape index (κ2) is 6.52. The van der Waals surface area contributed by atoms with E-state index in [-0.39, 0.29) is 17.9 Å². The highest BCUT2D eigenvalue weighted by Crippen LogP contribution is 2.27. The number of carbonyl (C=O) groups excluding carboxylic acids is 1. The number of rotatable bonds is 3. The average Bonchev–Trinajstić information content (AvgIpc) is 2.92. The molecule has 23 heavy (non-hydrogen) atoms. The summed E-state index contributed by atoms with van der Waals surface area (Å²) in [6, 6.07) is 10.6. The van der Waals surface area contributed by atoms with Gasteiger partial charge in [0.2, 0.25) is 0 Å². The van der Waals surface area contributed by atoms with Crippen LogP contribution in [0.15, 0.2) is 42.5 Å². The van der Waals surface area contributed by atoms with Gasteiger partial charge in [0, 0.05) is 10.7 Å². The zero-order valence-corrected chi connectivity index (χ0v) is 13.7. The smallest absolute Gasteiger partial charge is 0.319 e. The summed E-state index contributed by atoms with van der Waals surface area (Å²) in [6.45, 7) is 1.83. The first kappa shape index (κ1) is 15.7. The van der Waals surface area contributed by atoms with Crippen LogP contribution in [0.25, 0.3) is 10.2 Å². The Morgan fingerprint density at radius 2 is 2.00 bits per heavy atom. The Bertz CT molecular complexity index is 850. The largest absolute Gasteiger partial charge is 0.329 e. The molecule has 3 rings (SSSR count). The molecule has 1 aromatic heterocycles. The summed E-state index contributed by atoms with van der Waals surface area (Å²) in [4.78, 5) is 16.4. The summed E-state index contributed by atoms with van der Waals surface area (Å²) < 4.78 is 14.0. The van der Waals surface area contributed by atoms with Crippen molar-refractivity contribution in [1.82, 2.24) is 10.3 Å². The Kier molecular flexibility index (Phi) is 4.45. The quantitative estimate of drug-likeness (QED) is 0.701. The van der Waals surface area contributed by atoms with E-state index >= 15 is 0 Å². The summed E-state index contributed by atoms with van der Waals surface area (Å²) in [5.41, 5.74) is 1.36. The maximum atomic E-state index is 13.2. The van der Waals surface area contributed by atoms with Gasteiger partial charge < -0.3 is 10.6 Å². The van der Waals surface area contributed by atoms with Crippen LogP contribution in [0, 0.1) is 5.82 Å². The molecule has 7 heteroatoms. The maximum Gasteiger partial charge on any atom is 0.319 e. The number of carbonyl (C=O) groups is 1. The van der Waals surface area contributed by atoms with Gasteiger partial charge in [-0.2, -0.15) is 0 Å². The van der Waals surface area contributed by atoms with Crippen molar-refractivity contribution in [2.24, 2.45) is 0 Å². The van der Waals surface area contributed by atoms with E-state index in [1.165, 1.54) is 23.5 Å². The number of aromatic nitrogens is 1. The number of nitrogens with one attached hydrogen (secondary N) is 2. The minimum Gasteiger partial charge on any atom is -0.329 e. The molecule has 0 aliphatic heterocycles. The topological polar surface area (TPSA) is 54.0 Å². The second-order valence-corrected chi connectivity index (χ2v) is 6.49. The standard InChI is InChI=1S/C16H13ClFN3OS/c1-9(15-21-13-7-4-11(18)8-14(13)23-15)19-16(22)20-12-5-2-10(17)3-6-12/h2-9H,1H3,(H2,19,20,22)/t9-/m1/s1. The van der Waals surface area contributed by atoms with Crippen molar-refractivity contribution in [3.63, 3.8) is 0 Å². The lowest BCUT2D eigenvalue weighted by molar-refractivity contribution is 0.249. The molecule has 2 N–H and O–H groups in total. The van der Waals surface area contributed by atoms with Gasteiger partial charge in [-0.1, -0.05) is 11.6 Å². The molecule has 4 nitrogen and oxygen atoms in total. The highest BCUT2D eigenvalue weighted by molar-refractivity contribution is 7.18. The van der Waals surface area contributed by atoms with E-state index in [1.807, 2.05) is 6.92 Å². The minimum atomic E-state index is -0.342. The van der Waals surface area contributed by atoms with Crippen molar-refractivity contribution in [3.8, 4) is 0 Å². The van der Waals surface area contributed by atoms with Gasteiger partial charge in [0.1, 0.15) is 10.8 Å². The van der Waals surface area contributed by atoms with E-state index in [1.54, 1.807) is 30.3 Å². The number of hydrogen-bond donors (Lipinski definition) is 2. The Hall–Kier alpha value is -2.18. The van der Waals surface area contributed by atoms with Crippen LogP contribution in [0.2, 0.25) is 5.02 Å². The van der Waals surface area contributed by atoms with Crippen molar-refractivity contribution in [2.75, 3.05) is 5.32 Å². The predicted molar refractivity (Wildman–Crippen MR) is 91.6 cm³/mol. The van der Waals surface area contributed by atoms with Crippen molar-refractivity contribution in [3.05, 3.63) is 58.3 Å². The summed E-state index contributed by atoms with van der Waals surface area (Å²) in [5.74, 6) is -0.297. The van der Waals surface area contributed by atoms with Gasteiger partial charge in [-0.05, 0) is 49.4 Å². The minimum absolute atomic E-state index is 0.289. The van der Waals surface area contributed by atoms with Gasteiger partial charge in [-0.15, -0.1) is 11.3 Å². The third-order valence-electron chi connectivity index (χ3n) is 3.19. The molecule has 3 aromatic rings. The summed E-state index contributed by atoms with van der Waals surface area (Å²) in [6.07, 6.45) is 0.